The van der Waals surface area contributed by atoms with E-state index >= 15 is 0 Å². The Morgan fingerprint density at radius 3 is 2.87 bits per heavy atom. The normalized spacial score (nSPS) is 14.6. The Bertz CT molecular complexity index is 304. The second kappa shape index (κ2) is 5.28. The van der Waals surface area contributed by atoms with E-state index in [2.05, 4.69) is 5.32 Å². The predicted molar refractivity (Wildman–Crippen MR) is 63.6 cm³/mol. The summed E-state index contributed by atoms with van der Waals surface area (Å²) in [6.45, 7) is 4.88. The number of hydrogen-bond donors (Lipinski definition) is 2. The molecule has 1 heterocycles. The topological polar surface area (TPSA) is 55.1 Å². The average Bonchev–Trinajstić information content (AvgIpc) is 2.77. The summed E-state index contributed by atoms with van der Waals surface area (Å²) in [5.74, 6) is 0.0425. The van der Waals surface area contributed by atoms with Crippen LogP contribution in [0.25, 0.3) is 0 Å². The first kappa shape index (κ1) is 12.2. The van der Waals surface area contributed by atoms with Gasteiger partial charge in [0.05, 0.1) is 12.0 Å². The highest BCUT2D eigenvalue weighted by atomic mass is 32.1. The van der Waals surface area contributed by atoms with Gasteiger partial charge >= 0.3 is 0 Å². The van der Waals surface area contributed by atoms with Gasteiger partial charge in [0.25, 0.3) is 0 Å². The Morgan fingerprint density at radius 1 is 1.67 bits per heavy atom. The molecule has 0 spiro atoms. The van der Waals surface area contributed by atoms with E-state index in [1.165, 1.54) is 4.88 Å². The van der Waals surface area contributed by atoms with Gasteiger partial charge in [-0.05, 0) is 24.8 Å². The van der Waals surface area contributed by atoms with Crippen LogP contribution in [0.1, 0.15) is 25.1 Å². The average molecular weight is 226 g/mol. The van der Waals surface area contributed by atoms with Crippen molar-refractivity contribution >= 4 is 17.2 Å². The molecule has 15 heavy (non-hydrogen) atoms. The lowest BCUT2D eigenvalue weighted by Gasteiger charge is -2.24. The summed E-state index contributed by atoms with van der Waals surface area (Å²) < 4.78 is 0. The molecule has 0 saturated heterocycles. The highest BCUT2D eigenvalue weighted by molar-refractivity contribution is 7.09. The first-order chi connectivity index (χ1) is 7.12. The number of hydrogen-bond acceptors (Lipinski definition) is 3. The van der Waals surface area contributed by atoms with Gasteiger partial charge in [-0.1, -0.05) is 13.0 Å². The maximum Gasteiger partial charge on any atom is 0.227 e. The van der Waals surface area contributed by atoms with Crippen LogP contribution in [0.15, 0.2) is 17.5 Å². The summed E-state index contributed by atoms with van der Waals surface area (Å²) in [5, 5.41) is 4.92. The molecule has 1 amide bonds. The zero-order valence-corrected chi connectivity index (χ0v) is 10.1. The molecule has 1 unspecified atom stereocenters. The minimum atomic E-state index is -0.433. The number of nitrogens with two attached hydrogens (primary N) is 1. The standard InChI is InChI=1S/C11H18N2OS/c1-3-11(2,8-12)10(14)13-7-9-5-4-6-15-9/h4-6H,3,7-8,12H2,1-2H3,(H,13,14). The van der Waals surface area contributed by atoms with Gasteiger partial charge in [-0.3, -0.25) is 4.79 Å². The molecule has 0 aliphatic rings. The molecule has 0 bridgehead atoms. The second-order valence-electron chi connectivity index (χ2n) is 3.88. The van der Waals surface area contributed by atoms with Gasteiger partial charge in [-0.2, -0.15) is 0 Å². The Morgan fingerprint density at radius 2 is 2.40 bits per heavy atom. The molecule has 1 aromatic heterocycles. The van der Waals surface area contributed by atoms with Crippen LogP contribution in [0.4, 0.5) is 0 Å². The number of thiophene rings is 1. The van der Waals surface area contributed by atoms with Crippen molar-refractivity contribution < 1.29 is 4.79 Å². The van der Waals surface area contributed by atoms with E-state index in [1.54, 1.807) is 11.3 Å². The zero-order valence-electron chi connectivity index (χ0n) is 9.25. The number of amides is 1. The van der Waals surface area contributed by atoms with Crippen LogP contribution in [0.3, 0.4) is 0 Å². The van der Waals surface area contributed by atoms with Crippen molar-refractivity contribution in [2.75, 3.05) is 6.54 Å². The van der Waals surface area contributed by atoms with Crippen molar-refractivity contribution in [3.05, 3.63) is 22.4 Å². The number of rotatable bonds is 5. The third-order valence-electron chi connectivity index (χ3n) is 2.78. The van der Waals surface area contributed by atoms with Crippen molar-refractivity contribution in [2.24, 2.45) is 11.1 Å². The largest absolute Gasteiger partial charge is 0.351 e. The molecule has 0 aliphatic heterocycles. The van der Waals surface area contributed by atoms with Crippen LogP contribution in [0.2, 0.25) is 0 Å². The van der Waals surface area contributed by atoms with Gasteiger partial charge in [0, 0.05) is 11.4 Å². The first-order valence-corrected chi connectivity index (χ1v) is 6.01. The SMILES string of the molecule is CCC(C)(CN)C(=O)NCc1cccs1. The lowest BCUT2D eigenvalue weighted by Crippen LogP contribution is -2.43. The summed E-state index contributed by atoms with van der Waals surface area (Å²) >= 11 is 1.64. The highest BCUT2D eigenvalue weighted by Crippen LogP contribution is 2.19. The van der Waals surface area contributed by atoms with Crippen LogP contribution in [-0.2, 0) is 11.3 Å². The molecule has 0 aliphatic carbocycles. The van der Waals surface area contributed by atoms with Crippen LogP contribution in [0, 0.1) is 5.41 Å². The van der Waals surface area contributed by atoms with E-state index in [-0.39, 0.29) is 5.91 Å². The summed E-state index contributed by atoms with van der Waals surface area (Å²) in [6, 6.07) is 3.99. The van der Waals surface area contributed by atoms with E-state index in [9.17, 15) is 4.79 Å². The molecule has 4 heteroatoms. The molecule has 0 saturated carbocycles. The fourth-order valence-corrected chi connectivity index (χ4v) is 1.84. The molecule has 3 nitrogen and oxygen atoms in total. The summed E-state index contributed by atoms with van der Waals surface area (Å²) in [7, 11) is 0. The summed E-state index contributed by atoms with van der Waals surface area (Å²) in [5.41, 5.74) is 5.18. The minimum Gasteiger partial charge on any atom is -0.351 e. The fraction of sp³-hybridized carbons (Fsp3) is 0.545. The van der Waals surface area contributed by atoms with Crippen LogP contribution < -0.4 is 11.1 Å². The van der Waals surface area contributed by atoms with Gasteiger partial charge < -0.3 is 11.1 Å². The van der Waals surface area contributed by atoms with E-state index in [0.29, 0.717) is 13.1 Å². The third-order valence-corrected chi connectivity index (χ3v) is 3.66. The van der Waals surface area contributed by atoms with E-state index in [0.717, 1.165) is 6.42 Å². The molecule has 0 aromatic carbocycles. The third kappa shape index (κ3) is 3.04. The first-order valence-electron chi connectivity index (χ1n) is 5.13. The molecule has 1 aromatic rings. The van der Waals surface area contributed by atoms with Crippen molar-refractivity contribution in [1.82, 2.24) is 5.32 Å². The molecule has 3 N–H and O–H groups in total. The summed E-state index contributed by atoms with van der Waals surface area (Å²) in [6.07, 6.45) is 0.764. The molecular formula is C11H18N2OS. The van der Waals surface area contributed by atoms with Gasteiger partial charge in [-0.15, -0.1) is 11.3 Å². The van der Waals surface area contributed by atoms with Crippen molar-refractivity contribution in [1.29, 1.82) is 0 Å². The highest BCUT2D eigenvalue weighted by Gasteiger charge is 2.29. The maximum absolute atomic E-state index is 11.8. The van der Waals surface area contributed by atoms with Crippen molar-refractivity contribution in [3.8, 4) is 0 Å². The summed E-state index contributed by atoms with van der Waals surface area (Å²) in [4.78, 5) is 13.0. The zero-order chi connectivity index (χ0) is 11.3. The second-order valence-corrected chi connectivity index (χ2v) is 4.91. The Hall–Kier alpha value is -0.870. The van der Waals surface area contributed by atoms with Crippen molar-refractivity contribution in [3.63, 3.8) is 0 Å². The van der Waals surface area contributed by atoms with Crippen LogP contribution in [0.5, 0.6) is 0 Å². The van der Waals surface area contributed by atoms with E-state index < -0.39 is 5.41 Å². The molecule has 0 fully saturated rings. The minimum absolute atomic E-state index is 0.0425. The van der Waals surface area contributed by atoms with Gasteiger partial charge in [0.2, 0.25) is 5.91 Å². The molecule has 1 atom stereocenters. The smallest absolute Gasteiger partial charge is 0.227 e. The number of nitrogens with one attached hydrogen (secondary N) is 1. The Labute approximate surface area is 94.7 Å². The lowest BCUT2D eigenvalue weighted by molar-refractivity contribution is -0.130. The lowest BCUT2D eigenvalue weighted by atomic mass is 9.87. The molecule has 84 valence electrons. The van der Waals surface area contributed by atoms with Gasteiger partial charge in [0.1, 0.15) is 0 Å². The Balaban J connectivity index is 2.48. The fourth-order valence-electron chi connectivity index (χ4n) is 1.19. The number of carbonyl (C=O) groups is 1. The van der Waals surface area contributed by atoms with Gasteiger partial charge in [0.15, 0.2) is 0 Å². The van der Waals surface area contributed by atoms with Crippen molar-refractivity contribution in [2.45, 2.75) is 26.8 Å². The Kier molecular flexibility index (Phi) is 4.29. The predicted octanol–water partition coefficient (Wildman–Crippen LogP) is 1.74. The maximum atomic E-state index is 11.8. The van der Waals surface area contributed by atoms with E-state index in [4.69, 9.17) is 5.73 Å². The molecule has 0 radical (unpaired) electrons. The van der Waals surface area contributed by atoms with Crippen LogP contribution in [-0.4, -0.2) is 12.5 Å². The molecule has 1 rings (SSSR count). The monoisotopic (exact) mass is 226 g/mol. The number of carbonyl (C=O) groups excluding carboxylic acids is 1. The van der Waals surface area contributed by atoms with E-state index in [1.807, 2.05) is 31.4 Å². The quantitative estimate of drug-likeness (QED) is 0.803. The van der Waals surface area contributed by atoms with Gasteiger partial charge in [-0.25, -0.2) is 0 Å². The van der Waals surface area contributed by atoms with Crippen LogP contribution >= 0.6 is 11.3 Å². The molecular weight excluding hydrogens is 208 g/mol.